The highest BCUT2D eigenvalue weighted by Gasteiger charge is 2.18. The lowest BCUT2D eigenvalue weighted by atomic mass is 9.89. The van der Waals surface area contributed by atoms with Crippen LogP contribution < -0.4 is 4.74 Å². The molecule has 17 heavy (non-hydrogen) atoms. The van der Waals surface area contributed by atoms with Crippen LogP contribution in [0.5, 0.6) is 5.75 Å². The van der Waals surface area contributed by atoms with Gasteiger partial charge in [0.25, 0.3) is 0 Å². The Balaban J connectivity index is 3.15. The molecular weight excluding hydrogens is 300 g/mol. The van der Waals surface area contributed by atoms with E-state index in [4.69, 9.17) is 16.3 Å². The van der Waals surface area contributed by atoms with Gasteiger partial charge in [0, 0.05) is 10.4 Å². The van der Waals surface area contributed by atoms with Gasteiger partial charge in [0.15, 0.2) is 0 Å². The van der Waals surface area contributed by atoms with E-state index in [0.717, 1.165) is 21.7 Å². The second kappa shape index (κ2) is 6.65. The van der Waals surface area contributed by atoms with E-state index in [-0.39, 0.29) is 0 Å². The fourth-order valence-corrected chi connectivity index (χ4v) is 2.48. The number of hydrogen-bond donors (Lipinski definition) is 0. The van der Waals surface area contributed by atoms with Crippen LogP contribution >= 0.6 is 27.5 Å². The molecule has 1 nitrogen and oxygen atoms in total. The summed E-state index contributed by atoms with van der Waals surface area (Å²) < 4.78 is 5.71. The first-order valence-corrected chi connectivity index (χ1v) is 7.50. The third kappa shape index (κ3) is 3.62. The molecule has 0 saturated heterocycles. The van der Waals surface area contributed by atoms with Gasteiger partial charge in [-0.3, -0.25) is 0 Å². The van der Waals surface area contributed by atoms with Crippen molar-refractivity contribution in [2.24, 2.45) is 5.92 Å². The maximum Gasteiger partial charge on any atom is 0.123 e. The molecule has 96 valence electrons. The van der Waals surface area contributed by atoms with E-state index in [9.17, 15) is 0 Å². The number of benzene rings is 1. The number of aryl methyl sites for hydroxylation is 1. The van der Waals surface area contributed by atoms with Crippen molar-refractivity contribution in [2.75, 3.05) is 11.9 Å². The predicted octanol–water partition coefficient (Wildman–Crippen LogP) is 5.18. The molecule has 0 amide bonds. The Labute approximate surface area is 118 Å². The molecule has 0 fully saturated rings. The van der Waals surface area contributed by atoms with Gasteiger partial charge in [0.1, 0.15) is 5.75 Å². The van der Waals surface area contributed by atoms with Crippen molar-refractivity contribution in [3.8, 4) is 5.75 Å². The standard InChI is InChI=1S/C14H20BrClO/c1-5-17-14-6-9(2)13(16)7-12(14)11(4)10(3)8-15/h6-7,10-11H,5,8H2,1-4H3. The molecule has 2 atom stereocenters. The van der Waals surface area contributed by atoms with E-state index in [1.54, 1.807) is 0 Å². The number of alkyl halides is 1. The highest BCUT2D eigenvalue weighted by atomic mass is 79.9. The molecule has 1 aromatic rings. The zero-order valence-electron chi connectivity index (χ0n) is 10.9. The molecule has 0 heterocycles. The van der Waals surface area contributed by atoms with E-state index >= 15 is 0 Å². The molecule has 3 heteroatoms. The first-order chi connectivity index (χ1) is 8.01. The van der Waals surface area contributed by atoms with E-state index in [0.29, 0.717) is 18.4 Å². The Hall–Kier alpha value is -0.210. The predicted molar refractivity (Wildman–Crippen MR) is 78.7 cm³/mol. The molecule has 2 unspecified atom stereocenters. The Kier molecular flexibility index (Phi) is 5.81. The van der Waals surface area contributed by atoms with Crippen molar-refractivity contribution >= 4 is 27.5 Å². The number of rotatable bonds is 5. The van der Waals surface area contributed by atoms with Gasteiger partial charge in [-0.2, -0.15) is 0 Å². The normalized spacial score (nSPS) is 14.5. The van der Waals surface area contributed by atoms with Crippen LogP contribution in [0.4, 0.5) is 0 Å². The van der Waals surface area contributed by atoms with Crippen molar-refractivity contribution in [1.82, 2.24) is 0 Å². The molecule has 0 aliphatic rings. The minimum atomic E-state index is 0.425. The van der Waals surface area contributed by atoms with Crippen LogP contribution in [0.2, 0.25) is 5.02 Å². The van der Waals surface area contributed by atoms with Gasteiger partial charge >= 0.3 is 0 Å². The molecule has 1 aromatic carbocycles. The molecule has 0 aromatic heterocycles. The highest BCUT2D eigenvalue weighted by Crippen LogP contribution is 2.36. The summed E-state index contributed by atoms with van der Waals surface area (Å²) in [5.74, 6) is 1.94. The van der Waals surface area contributed by atoms with Crippen molar-refractivity contribution < 1.29 is 4.74 Å². The molecule has 0 spiro atoms. The van der Waals surface area contributed by atoms with Gasteiger partial charge in [0.2, 0.25) is 0 Å². The fourth-order valence-electron chi connectivity index (χ4n) is 1.75. The van der Waals surface area contributed by atoms with Crippen LogP contribution in [0, 0.1) is 12.8 Å². The minimum absolute atomic E-state index is 0.425. The summed E-state index contributed by atoms with van der Waals surface area (Å²) >= 11 is 9.75. The van der Waals surface area contributed by atoms with E-state index in [1.807, 2.05) is 26.0 Å². The Morgan fingerprint density at radius 2 is 2.00 bits per heavy atom. The monoisotopic (exact) mass is 318 g/mol. The second-order valence-corrected chi connectivity index (χ2v) is 5.55. The third-order valence-corrected chi connectivity index (χ3v) is 4.61. The molecule has 0 bridgehead atoms. The summed E-state index contributed by atoms with van der Waals surface area (Å²) in [6.07, 6.45) is 0. The summed E-state index contributed by atoms with van der Waals surface area (Å²) in [7, 11) is 0. The topological polar surface area (TPSA) is 9.23 Å². The Bertz CT molecular complexity index is 379. The van der Waals surface area contributed by atoms with Crippen LogP contribution in [-0.2, 0) is 0 Å². The SMILES string of the molecule is CCOc1cc(C)c(Cl)cc1C(C)C(C)CBr. The highest BCUT2D eigenvalue weighted by molar-refractivity contribution is 9.09. The molecule has 0 saturated carbocycles. The lowest BCUT2D eigenvalue weighted by Crippen LogP contribution is -2.10. The summed E-state index contributed by atoms with van der Waals surface area (Å²) in [5, 5.41) is 1.79. The van der Waals surface area contributed by atoms with Crippen LogP contribution in [0.1, 0.15) is 37.8 Å². The Morgan fingerprint density at radius 1 is 1.35 bits per heavy atom. The number of halogens is 2. The van der Waals surface area contributed by atoms with Gasteiger partial charge in [-0.05, 0) is 48.9 Å². The molecular formula is C14H20BrClO. The largest absolute Gasteiger partial charge is 0.494 e. The van der Waals surface area contributed by atoms with Crippen molar-refractivity contribution in [2.45, 2.75) is 33.6 Å². The van der Waals surface area contributed by atoms with Crippen LogP contribution in [-0.4, -0.2) is 11.9 Å². The summed E-state index contributed by atoms with van der Waals surface area (Å²) in [5.41, 5.74) is 2.27. The quantitative estimate of drug-likeness (QED) is 0.679. The van der Waals surface area contributed by atoms with E-state index in [2.05, 4.69) is 29.8 Å². The number of ether oxygens (including phenoxy) is 1. The Morgan fingerprint density at radius 3 is 2.53 bits per heavy atom. The summed E-state index contributed by atoms with van der Waals surface area (Å²) in [6, 6.07) is 4.09. The van der Waals surface area contributed by atoms with Crippen molar-refractivity contribution in [1.29, 1.82) is 0 Å². The maximum absolute atomic E-state index is 6.21. The summed E-state index contributed by atoms with van der Waals surface area (Å²) in [4.78, 5) is 0. The van der Waals surface area contributed by atoms with Gasteiger partial charge < -0.3 is 4.74 Å². The fraction of sp³-hybridized carbons (Fsp3) is 0.571. The maximum atomic E-state index is 6.21. The second-order valence-electron chi connectivity index (χ2n) is 4.49. The van der Waals surface area contributed by atoms with Crippen LogP contribution in [0.25, 0.3) is 0 Å². The molecule has 0 radical (unpaired) electrons. The minimum Gasteiger partial charge on any atom is -0.494 e. The third-order valence-electron chi connectivity index (χ3n) is 3.18. The molecule has 0 aliphatic carbocycles. The first kappa shape index (κ1) is 14.8. The average molecular weight is 320 g/mol. The lowest BCUT2D eigenvalue weighted by Gasteiger charge is -2.22. The van der Waals surface area contributed by atoms with Crippen molar-refractivity contribution in [3.63, 3.8) is 0 Å². The summed E-state index contributed by atoms with van der Waals surface area (Å²) in [6.45, 7) is 9.14. The van der Waals surface area contributed by atoms with Gasteiger partial charge in [-0.15, -0.1) is 0 Å². The molecule has 1 rings (SSSR count). The lowest BCUT2D eigenvalue weighted by molar-refractivity contribution is 0.331. The molecule has 0 aliphatic heterocycles. The zero-order chi connectivity index (χ0) is 13.0. The first-order valence-electron chi connectivity index (χ1n) is 6.00. The van der Waals surface area contributed by atoms with Crippen LogP contribution in [0.3, 0.4) is 0 Å². The molecule has 0 N–H and O–H groups in total. The van der Waals surface area contributed by atoms with Crippen LogP contribution in [0.15, 0.2) is 12.1 Å². The van der Waals surface area contributed by atoms with Gasteiger partial charge in [0.05, 0.1) is 6.61 Å². The zero-order valence-corrected chi connectivity index (χ0v) is 13.2. The number of hydrogen-bond acceptors (Lipinski definition) is 1. The van der Waals surface area contributed by atoms with E-state index in [1.165, 1.54) is 5.56 Å². The average Bonchev–Trinajstić information content (AvgIpc) is 2.32. The van der Waals surface area contributed by atoms with Gasteiger partial charge in [-0.25, -0.2) is 0 Å². The van der Waals surface area contributed by atoms with E-state index < -0.39 is 0 Å². The van der Waals surface area contributed by atoms with Crippen molar-refractivity contribution in [3.05, 3.63) is 28.3 Å². The smallest absolute Gasteiger partial charge is 0.123 e. The van der Waals surface area contributed by atoms with Gasteiger partial charge in [-0.1, -0.05) is 41.4 Å².